The Morgan fingerprint density at radius 2 is 1.89 bits per heavy atom. The van der Waals surface area contributed by atoms with Gasteiger partial charge in [-0.25, -0.2) is 4.39 Å². The van der Waals surface area contributed by atoms with Gasteiger partial charge in [-0.2, -0.15) is 0 Å². The molecule has 2 nitrogen and oxygen atoms in total. The maximum Gasteiger partial charge on any atom is 0.133 e. The lowest BCUT2D eigenvalue weighted by atomic mass is 9.99. The van der Waals surface area contributed by atoms with Gasteiger partial charge in [0.1, 0.15) is 11.6 Å². The fourth-order valence-electron chi connectivity index (χ4n) is 1.81. The molecule has 0 saturated carbocycles. The molecule has 0 fully saturated rings. The Labute approximate surface area is 128 Å². The lowest BCUT2D eigenvalue weighted by Gasteiger charge is -2.15. The molecule has 0 aliphatic rings. The molecule has 0 heterocycles. The SMILES string of the molecule is COc1ccc(C(N)c2cc(Br)ccc2F)cc1Br. The molecule has 1 atom stereocenters. The number of hydrogen-bond acceptors (Lipinski definition) is 2. The summed E-state index contributed by atoms with van der Waals surface area (Å²) in [7, 11) is 1.59. The van der Waals surface area contributed by atoms with Gasteiger partial charge in [0.15, 0.2) is 0 Å². The molecule has 2 rings (SSSR count). The van der Waals surface area contributed by atoms with Crippen LogP contribution in [0.1, 0.15) is 17.2 Å². The van der Waals surface area contributed by atoms with Crippen LogP contribution < -0.4 is 10.5 Å². The van der Waals surface area contributed by atoms with Crippen LogP contribution in [0.15, 0.2) is 45.3 Å². The summed E-state index contributed by atoms with van der Waals surface area (Å²) < 4.78 is 20.6. The van der Waals surface area contributed by atoms with Gasteiger partial charge in [0, 0.05) is 10.0 Å². The Kier molecular flexibility index (Phi) is 4.60. The number of hydrogen-bond donors (Lipinski definition) is 1. The Bertz CT molecular complexity index is 604. The molecular weight excluding hydrogens is 377 g/mol. The van der Waals surface area contributed by atoms with Gasteiger partial charge in [-0.05, 0) is 51.8 Å². The summed E-state index contributed by atoms with van der Waals surface area (Å²) in [5.41, 5.74) is 7.38. The Morgan fingerprint density at radius 1 is 1.16 bits per heavy atom. The van der Waals surface area contributed by atoms with Crippen molar-refractivity contribution in [3.05, 3.63) is 62.3 Å². The molecule has 2 aromatic rings. The van der Waals surface area contributed by atoms with Crippen LogP contribution in [0.2, 0.25) is 0 Å². The Morgan fingerprint density at radius 3 is 2.53 bits per heavy atom. The summed E-state index contributed by atoms with van der Waals surface area (Å²) in [5.74, 6) is 0.397. The lowest BCUT2D eigenvalue weighted by Crippen LogP contribution is -2.13. The zero-order chi connectivity index (χ0) is 14.0. The topological polar surface area (TPSA) is 35.2 Å². The molecule has 100 valence electrons. The molecule has 0 saturated heterocycles. The highest BCUT2D eigenvalue weighted by atomic mass is 79.9. The third kappa shape index (κ3) is 3.16. The molecule has 5 heteroatoms. The van der Waals surface area contributed by atoms with E-state index in [0.717, 1.165) is 14.5 Å². The molecule has 0 aliphatic carbocycles. The maximum atomic E-state index is 13.8. The molecule has 0 aromatic heterocycles. The van der Waals surface area contributed by atoms with Crippen LogP contribution in [0.5, 0.6) is 5.75 Å². The molecule has 1 unspecified atom stereocenters. The van der Waals surface area contributed by atoms with Gasteiger partial charge in [-0.3, -0.25) is 0 Å². The molecule has 0 amide bonds. The first-order valence-corrected chi connectivity index (χ1v) is 7.15. The second-order valence-electron chi connectivity index (χ2n) is 4.04. The fourth-order valence-corrected chi connectivity index (χ4v) is 2.75. The number of methoxy groups -OCH3 is 1. The zero-order valence-electron chi connectivity index (χ0n) is 10.2. The number of nitrogens with two attached hydrogens (primary N) is 1. The minimum Gasteiger partial charge on any atom is -0.496 e. The molecule has 2 aromatic carbocycles. The van der Waals surface area contributed by atoms with Gasteiger partial charge in [0.2, 0.25) is 0 Å². The number of halogens is 3. The minimum absolute atomic E-state index is 0.317. The van der Waals surface area contributed by atoms with E-state index < -0.39 is 6.04 Å². The standard InChI is InChI=1S/C14H12Br2FNO/c1-19-13-5-2-8(6-11(13)16)14(18)10-7-9(15)3-4-12(10)17/h2-7,14H,18H2,1H3. The second kappa shape index (κ2) is 6.03. The minimum atomic E-state index is -0.528. The first kappa shape index (κ1) is 14.5. The van der Waals surface area contributed by atoms with E-state index in [4.69, 9.17) is 10.5 Å². The summed E-state index contributed by atoms with van der Waals surface area (Å²) in [4.78, 5) is 0. The van der Waals surface area contributed by atoms with Crippen molar-refractivity contribution in [1.82, 2.24) is 0 Å². The van der Waals surface area contributed by atoms with Crippen molar-refractivity contribution in [2.45, 2.75) is 6.04 Å². The molecule has 0 spiro atoms. The van der Waals surface area contributed by atoms with Crippen molar-refractivity contribution in [2.24, 2.45) is 5.73 Å². The van der Waals surface area contributed by atoms with Gasteiger partial charge < -0.3 is 10.5 Å². The molecule has 0 aliphatic heterocycles. The van der Waals surface area contributed by atoms with Gasteiger partial charge in [0.05, 0.1) is 17.6 Å². The molecule has 19 heavy (non-hydrogen) atoms. The smallest absolute Gasteiger partial charge is 0.133 e. The monoisotopic (exact) mass is 387 g/mol. The van der Waals surface area contributed by atoms with Crippen LogP contribution in [0.3, 0.4) is 0 Å². The highest BCUT2D eigenvalue weighted by Gasteiger charge is 2.15. The van der Waals surface area contributed by atoms with Crippen LogP contribution >= 0.6 is 31.9 Å². The predicted molar refractivity (Wildman–Crippen MR) is 80.8 cm³/mol. The van der Waals surface area contributed by atoms with E-state index in [-0.39, 0.29) is 5.82 Å². The lowest BCUT2D eigenvalue weighted by molar-refractivity contribution is 0.412. The van der Waals surface area contributed by atoms with Gasteiger partial charge in [0.25, 0.3) is 0 Å². The highest BCUT2D eigenvalue weighted by Crippen LogP contribution is 2.31. The van der Waals surface area contributed by atoms with Crippen LogP contribution in [-0.2, 0) is 0 Å². The number of benzene rings is 2. The second-order valence-corrected chi connectivity index (χ2v) is 5.81. The van der Waals surface area contributed by atoms with Gasteiger partial charge in [-0.1, -0.05) is 22.0 Å². The molecular formula is C14H12Br2FNO. The molecule has 2 N–H and O–H groups in total. The fraction of sp³-hybridized carbons (Fsp3) is 0.143. The van der Waals surface area contributed by atoms with Gasteiger partial charge >= 0.3 is 0 Å². The first-order chi connectivity index (χ1) is 9.02. The maximum absolute atomic E-state index is 13.8. The third-order valence-corrected chi connectivity index (χ3v) is 3.94. The molecule has 0 radical (unpaired) electrons. The van der Waals surface area contributed by atoms with Gasteiger partial charge in [-0.15, -0.1) is 0 Å². The van der Waals surface area contributed by atoms with Crippen molar-refractivity contribution in [2.75, 3.05) is 7.11 Å². The van der Waals surface area contributed by atoms with Crippen molar-refractivity contribution in [3.63, 3.8) is 0 Å². The van der Waals surface area contributed by atoms with E-state index in [0.29, 0.717) is 11.3 Å². The summed E-state index contributed by atoms with van der Waals surface area (Å²) >= 11 is 6.72. The van der Waals surface area contributed by atoms with Crippen LogP contribution in [0, 0.1) is 5.82 Å². The van der Waals surface area contributed by atoms with Crippen molar-refractivity contribution < 1.29 is 9.13 Å². The Balaban J connectivity index is 2.41. The normalized spacial score (nSPS) is 12.3. The Hall–Kier alpha value is -0.910. The summed E-state index contributed by atoms with van der Waals surface area (Å²) in [5, 5.41) is 0. The van der Waals surface area contributed by atoms with Crippen LogP contribution in [0.25, 0.3) is 0 Å². The average Bonchev–Trinajstić information content (AvgIpc) is 2.40. The molecule has 0 bridgehead atoms. The summed E-state index contributed by atoms with van der Waals surface area (Å²) in [6, 6.07) is 9.68. The zero-order valence-corrected chi connectivity index (χ0v) is 13.3. The van der Waals surface area contributed by atoms with Crippen molar-refractivity contribution in [1.29, 1.82) is 0 Å². The first-order valence-electron chi connectivity index (χ1n) is 5.57. The van der Waals surface area contributed by atoms with Crippen molar-refractivity contribution in [3.8, 4) is 5.75 Å². The largest absolute Gasteiger partial charge is 0.496 e. The summed E-state index contributed by atoms with van der Waals surface area (Å²) in [6.07, 6.45) is 0. The van der Waals surface area contributed by atoms with Crippen LogP contribution in [0.4, 0.5) is 4.39 Å². The van der Waals surface area contributed by atoms with Crippen LogP contribution in [-0.4, -0.2) is 7.11 Å². The van der Waals surface area contributed by atoms with Crippen molar-refractivity contribution >= 4 is 31.9 Å². The highest BCUT2D eigenvalue weighted by molar-refractivity contribution is 9.10. The third-order valence-electron chi connectivity index (χ3n) is 2.83. The average molecular weight is 389 g/mol. The number of rotatable bonds is 3. The number of ether oxygens (including phenoxy) is 1. The van der Waals surface area contributed by atoms with E-state index in [9.17, 15) is 4.39 Å². The van der Waals surface area contributed by atoms with E-state index >= 15 is 0 Å². The quantitative estimate of drug-likeness (QED) is 0.845. The predicted octanol–water partition coefficient (Wildman–Crippen LogP) is 4.41. The summed E-state index contributed by atoms with van der Waals surface area (Å²) in [6.45, 7) is 0. The van der Waals surface area contributed by atoms with E-state index in [2.05, 4.69) is 31.9 Å². The van der Waals surface area contributed by atoms with E-state index in [1.165, 1.54) is 6.07 Å². The van der Waals surface area contributed by atoms with E-state index in [1.807, 2.05) is 12.1 Å². The van der Waals surface area contributed by atoms with E-state index in [1.54, 1.807) is 25.3 Å².